The van der Waals surface area contributed by atoms with Crippen molar-refractivity contribution in [1.29, 1.82) is 0 Å². The number of thiophene rings is 1. The Kier molecular flexibility index (Phi) is 8.28. The van der Waals surface area contributed by atoms with Gasteiger partial charge < -0.3 is 16.4 Å². The van der Waals surface area contributed by atoms with Gasteiger partial charge in [-0.3, -0.25) is 19.3 Å². The number of primary amides is 1. The fraction of sp³-hybridized carbons (Fsp3) is 0.296. The van der Waals surface area contributed by atoms with Crippen LogP contribution in [0.1, 0.15) is 33.6 Å². The molecular weight excluding hydrogens is 460 g/mol. The Morgan fingerprint density at radius 2 is 1.77 bits per heavy atom. The molecule has 1 aliphatic heterocycles. The van der Waals surface area contributed by atoms with E-state index in [1.54, 1.807) is 6.07 Å². The summed E-state index contributed by atoms with van der Waals surface area (Å²) < 4.78 is 0. The summed E-state index contributed by atoms with van der Waals surface area (Å²) in [4.78, 5) is 40.1. The van der Waals surface area contributed by atoms with E-state index in [2.05, 4.69) is 15.5 Å². The summed E-state index contributed by atoms with van der Waals surface area (Å²) in [7, 11) is 0. The lowest BCUT2D eigenvalue weighted by Gasteiger charge is -2.31. The molecule has 2 aromatic carbocycles. The Hall–Kier alpha value is -3.49. The van der Waals surface area contributed by atoms with E-state index in [0.717, 1.165) is 37.1 Å². The number of anilines is 1. The van der Waals surface area contributed by atoms with Crippen molar-refractivity contribution in [2.45, 2.75) is 31.8 Å². The monoisotopic (exact) mass is 490 g/mol. The molecule has 2 atom stereocenters. The zero-order valence-corrected chi connectivity index (χ0v) is 20.3. The molecule has 3 amide bonds. The molecule has 1 aromatic heterocycles. The van der Waals surface area contributed by atoms with Crippen LogP contribution in [0.3, 0.4) is 0 Å². The molecule has 0 saturated carbocycles. The fourth-order valence-corrected chi connectivity index (χ4v) is 4.94. The van der Waals surface area contributed by atoms with Crippen LogP contribution in [0.15, 0.2) is 72.1 Å². The van der Waals surface area contributed by atoms with E-state index in [1.165, 1.54) is 11.3 Å². The summed E-state index contributed by atoms with van der Waals surface area (Å²) >= 11 is 1.34. The summed E-state index contributed by atoms with van der Waals surface area (Å²) in [6.07, 6.45) is 2.20. The first kappa shape index (κ1) is 24.6. The SMILES string of the molecule is NC(=O)C1CCCN(Cc2ccc(NC(=O)C(Cc3ccccc3)NC(=O)c3cccs3)cc2)C1. The van der Waals surface area contributed by atoms with E-state index >= 15 is 0 Å². The Bertz CT molecular complexity index is 1130. The molecule has 0 radical (unpaired) electrons. The molecule has 1 fully saturated rings. The van der Waals surface area contributed by atoms with Crippen molar-refractivity contribution in [3.8, 4) is 0 Å². The lowest BCUT2D eigenvalue weighted by molar-refractivity contribution is -0.123. The largest absolute Gasteiger partial charge is 0.369 e. The number of nitrogens with zero attached hydrogens (tertiary/aromatic N) is 1. The summed E-state index contributed by atoms with van der Waals surface area (Å²) in [5.41, 5.74) is 8.21. The summed E-state index contributed by atoms with van der Waals surface area (Å²) in [5, 5.41) is 7.66. The van der Waals surface area contributed by atoms with Crippen LogP contribution in [0.5, 0.6) is 0 Å². The standard InChI is InChI=1S/C27H30N4O3S/c28-25(32)21-8-4-14-31(18-21)17-20-10-12-22(13-11-20)29-26(33)23(16-19-6-2-1-3-7-19)30-27(34)24-9-5-15-35-24/h1-3,5-7,9-13,15,21,23H,4,8,14,16-18H2,(H2,28,32)(H,29,33)(H,30,34). The van der Waals surface area contributed by atoms with Gasteiger partial charge in [-0.05, 0) is 54.1 Å². The van der Waals surface area contributed by atoms with Crippen molar-refractivity contribution >= 4 is 34.7 Å². The molecule has 0 bridgehead atoms. The van der Waals surface area contributed by atoms with Crippen LogP contribution in [-0.4, -0.2) is 41.8 Å². The number of amides is 3. The minimum absolute atomic E-state index is 0.0896. The Labute approximate surface area is 209 Å². The van der Waals surface area contributed by atoms with Crippen molar-refractivity contribution in [3.63, 3.8) is 0 Å². The summed E-state index contributed by atoms with van der Waals surface area (Å²) in [5.74, 6) is -0.855. The third-order valence-electron chi connectivity index (χ3n) is 6.18. The lowest BCUT2D eigenvalue weighted by Crippen LogP contribution is -2.45. The molecule has 0 spiro atoms. The van der Waals surface area contributed by atoms with Crippen LogP contribution < -0.4 is 16.4 Å². The number of nitrogens with two attached hydrogens (primary N) is 1. The van der Waals surface area contributed by atoms with Crippen LogP contribution in [0.25, 0.3) is 0 Å². The van der Waals surface area contributed by atoms with Gasteiger partial charge in [0, 0.05) is 25.2 Å². The number of benzene rings is 2. The second-order valence-corrected chi connectivity index (χ2v) is 9.80. The molecule has 1 aliphatic rings. The van der Waals surface area contributed by atoms with E-state index < -0.39 is 6.04 Å². The van der Waals surface area contributed by atoms with Gasteiger partial charge in [0.1, 0.15) is 6.04 Å². The molecule has 2 heterocycles. The summed E-state index contributed by atoms with van der Waals surface area (Å²) in [6, 6.07) is 20.1. The molecule has 182 valence electrons. The molecule has 35 heavy (non-hydrogen) atoms. The van der Waals surface area contributed by atoms with Gasteiger partial charge in [0.2, 0.25) is 11.8 Å². The molecule has 3 aromatic rings. The second-order valence-electron chi connectivity index (χ2n) is 8.86. The highest BCUT2D eigenvalue weighted by Crippen LogP contribution is 2.19. The minimum Gasteiger partial charge on any atom is -0.369 e. The van der Waals surface area contributed by atoms with E-state index in [4.69, 9.17) is 5.73 Å². The first-order valence-electron chi connectivity index (χ1n) is 11.8. The highest BCUT2D eigenvalue weighted by atomic mass is 32.1. The van der Waals surface area contributed by atoms with Crippen LogP contribution in [0.2, 0.25) is 0 Å². The van der Waals surface area contributed by atoms with Crippen molar-refractivity contribution < 1.29 is 14.4 Å². The smallest absolute Gasteiger partial charge is 0.262 e. The van der Waals surface area contributed by atoms with Crippen molar-refractivity contribution in [2.24, 2.45) is 11.7 Å². The third-order valence-corrected chi connectivity index (χ3v) is 7.05. The first-order valence-corrected chi connectivity index (χ1v) is 12.7. The molecule has 7 nitrogen and oxygen atoms in total. The van der Waals surface area contributed by atoms with E-state index in [1.807, 2.05) is 66.0 Å². The Morgan fingerprint density at radius 3 is 2.46 bits per heavy atom. The van der Waals surface area contributed by atoms with Crippen LogP contribution in [0.4, 0.5) is 5.69 Å². The average Bonchev–Trinajstić information content (AvgIpc) is 3.41. The minimum atomic E-state index is -0.717. The van der Waals surface area contributed by atoms with Crippen LogP contribution >= 0.6 is 11.3 Å². The maximum atomic E-state index is 13.1. The van der Waals surface area contributed by atoms with Gasteiger partial charge in [0.05, 0.1) is 10.8 Å². The van der Waals surface area contributed by atoms with E-state index in [9.17, 15) is 14.4 Å². The number of rotatable bonds is 9. The Balaban J connectivity index is 1.39. The lowest BCUT2D eigenvalue weighted by atomic mass is 9.97. The highest BCUT2D eigenvalue weighted by Gasteiger charge is 2.24. The molecular formula is C27H30N4O3S. The number of carbonyl (C=O) groups excluding carboxylic acids is 3. The van der Waals surface area contributed by atoms with Gasteiger partial charge in [-0.15, -0.1) is 11.3 Å². The quantitative estimate of drug-likeness (QED) is 0.427. The third kappa shape index (κ3) is 7.00. The highest BCUT2D eigenvalue weighted by molar-refractivity contribution is 7.12. The van der Waals surface area contributed by atoms with Crippen molar-refractivity contribution in [2.75, 3.05) is 18.4 Å². The predicted octanol–water partition coefficient (Wildman–Crippen LogP) is 3.43. The van der Waals surface area contributed by atoms with Gasteiger partial charge in [-0.25, -0.2) is 0 Å². The molecule has 4 N–H and O–H groups in total. The number of nitrogens with one attached hydrogen (secondary N) is 2. The van der Waals surface area contributed by atoms with Gasteiger partial charge in [0.25, 0.3) is 5.91 Å². The van der Waals surface area contributed by atoms with Crippen LogP contribution in [0, 0.1) is 5.92 Å². The fourth-order valence-electron chi connectivity index (χ4n) is 4.31. The Morgan fingerprint density at radius 1 is 1.00 bits per heavy atom. The average molecular weight is 491 g/mol. The zero-order chi connectivity index (χ0) is 24.6. The normalized spacial score (nSPS) is 16.9. The molecule has 1 saturated heterocycles. The molecule has 4 rings (SSSR count). The molecule has 0 aliphatic carbocycles. The van der Waals surface area contributed by atoms with Gasteiger partial charge >= 0.3 is 0 Å². The zero-order valence-electron chi connectivity index (χ0n) is 19.5. The number of hydrogen-bond donors (Lipinski definition) is 3. The summed E-state index contributed by atoms with van der Waals surface area (Å²) in [6.45, 7) is 2.35. The van der Waals surface area contributed by atoms with E-state index in [-0.39, 0.29) is 23.6 Å². The van der Waals surface area contributed by atoms with Gasteiger partial charge in [-0.2, -0.15) is 0 Å². The maximum Gasteiger partial charge on any atom is 0.262 e. The van der Waals surface area contributed by atoms with Crippen LogP contribution in [-0.2, 0) is 22.6 Å². The molecule has 8 heteroatoms. The number of likely N-dealkylation sites (tertiary alicyclic amines) is 1. The van der Waals surface area contributed by atoms with Gasteiger partial charge in [0.15, 0.2) is 0 Å². The predicted molar refractivity (Wildman–Crippen MR) is 138 cm³/mol. The number of piperidine rings is 1. The number of carbonyl (C=O) groups is 3. The topological polar surface area (TPSA) is 105 Å². The van der Waals surface area contributed by atoms with Crippen molar-refractivity contribution in [3.05, 3.63) is 88.1 Å². The second kappa shape index (κ2) is 11.8. The molecule has 2 unspecified atom stereocenters. The van der Waals surface area contributed by atoms with E-state index in [0.29, 0.717) is 23.5 Å². The van der Waals surface area contributed by atoms with Gasteiger partial charge in [-0.1, -0.05) is 48.5 Å². The van der Waals surface area contributed by atoms with Crippen molar-refractivity contribution in [1.82, 2.24) is 10.2 Å². The number of hydrogen-bond acceptors (Lipinski definition) is 5. The maximum absolute atomic E-state index is 13.1. The first-order chi connectivity index (χ1) is 17.0.